The van der Waals surface area contributed by atoms with Crippen molar-refractivity contribution in [3.05, 3.63) is 58.7 Å². The van der Waals surface area contributed by atoms with Crippen molar-refractivity contribution in [2.45, 2.75) is 30.6 Å². The molecule has 2 aromatic heterocycles. The number of aliphatic hydroxyl groups is 4. The zero-order valence-corrected chi connectivity index (χ0v) is 20.6. The Kier molecular flexibility index (Phi) is 5.33. The summed E-state index contributed by atoms with van der Waals surface area (Å²) < 4.78 is 65.1. The Balaban J connectivity index is 1.74. The number of nitrogens with one attached hydrogen (secondary N) is 1. The molecule has 2 aliphatic rings. The molecule has 0 radical (unpaired) electrons. The van der Waals surface area contributed by atoms with Crippen LogP contribution in [0.1, 0.15) is 26.9 Å². The van der Waals surface area contributed by atoms with Crippen molar-refractivity contribution in [1.29, 1.82) is 0 Å². The fraction of sp³-hybridized carbons (Fsp3) is 0.231. The molecule has 1 saturated heterocycles. The summed E-state index contributed by atoms with van der Waals surface area (Å²) in [4.78, 5) is 26.1. The second-order valence-corrected chi connectivity index (χ2v) is 10.8. The maximum atomic E-state index is 14.7. The van der Waals surface area contributed by atoms with E-state index in [0.29, 0.717) is 0 Å². The third kappa shape index (κ3) is 3.14. The minimum Gasteiger partial charge on any atom is -0.394 e. The van der Waals surface area contributed by atoms with E-state index in [9.17, 15) is 47.6 Å². The van der Waals surface area contributed by atoms with Crippen molar-refractivity contribution < 1.29 is 52.3 Å². The number of halogens is 4. The van der Waals surface area contributed by atoms with Gasteiger partial charge in [0.05, 0.1) is 33.5 Å². The lowest BCUT2D eigenvalue weighted by Gasteiger charge is -2.41. The number of nitrogens with zero attached hydrogens (tertiary/aromatic N) is 1. The molecule has 5 atom stereocenters. The third-order valence-corrected chi connectivity index (χ3v) is 8.70. The summed E-state index contributed by atoms with van der Waals surface area (Å²) >= 11 is 0.889. The number of imide groups is 1. The van der Waals surface area contributed by atoms with Crippen LogP contribution in [0.15, 0.2) is 24.3 Å². The number of carbonyl (C=O) groups excluding carboxylic acids is 2. The number of benzene rings is 3. The van der Waals surface area contributed by atoms with E-state index in [1.807, 2.05) is 0 Å². The van der Waals surface area contributed by atoms with Gasteiger partial charge in [-0.1, -0.05) is 0 Å². The van der Waals surface area contributed by atoms with Crippen LogP contribution in [0.4, 0.5) is 17.6 Å². The predicted octanol–water partition coefficient (Wildman–Crippen LogP) is 2.57. The molecule has 4 heterocycles. The molecule has 0 saturated carbocycles. The molecular weight excluding hydrogens is 560 g/mol. The summed E-state index contributed by atoms with van der Waals surface area (Å²) in [7, 11) is 0. The van der Waals surface area contributed by atoms with Crippen LogP contribution in [0.25, 0.3) is 42.0 Å². The van der Waals surface area contributed by atoms with Gasteiger partial charge in [0.15, 0.2) is 29.5 Å². The zero-order chi connectivity index (χ0) is 28.4. The molecule has 0 unspecified atom stereocenters. The monoisotopic (exact) mass is 576 g/mol. The van der Waals surface area contributed by atoms with Crippen LogP contribution < -0.4 is 5.32 Å². The van der Waals surface area contributed by atoms with Gasteiger partial charge in [-0.25, -0.2) is 17.6 Å². The van der Waals surface area contributed by atoms with Crippen LogP contribution in [0.3, 0.4) is 0 Å². The first-order chi connectivity index (χ1) is 19.0. The van der Waals surface area contributed by atoms with E-state index in [2.05, 4.69) is 5.32 Å². The number of amides is 2. The molecule has 1 fully saturated rings. The van der Waals surface area contributed by atoms with E-state index in [0.717, 1.165) is 40.2 Å². The van der Waals surface area contributed by atoms with E-state index < -0.39 is 72.3 Å². The number of ether oxygens (including phenoxy) is 1. The highest BCUT2D eigenvalue weighted by molar-refractivity contribution is 7.26. The molecule has 0 bridgehead atoms. The van der Waals surface area contributed by atoms with Crippen molar-refractivity contribution in [3.8, 4) is 0 Å². The molecule has 2 amide bonds. The largest absolute Gasteiger partial charge is 0.394 e. The summed E-state index contributed by atoms with van der Waals surface area (Å²) in [5.74, 6) is -6.72. The first-order valence-corrected chi connectivity index (χ1v) is 12.7. The van der Waals surface area contributed by atoms with Gasteiger partial charge in [-0.2, -0.15) is 0 Å². The first kappa shape index (κ1) is 25.3. The molecule has 3 aromatic carbocycles. The predicted molar refractivity (Wildman–Crippen MR) is 133 cm³/mol. The number of rotatable bonds is 2. The molecule has 5 N–H and O–H groups in total. The van der Waals surface area contributed by atoms with Crippen molar-refractivity contribution in [1.82, 2.24) is 9.88 Å². The van der Waals surface area contributed by atoms with E-state index in [1.54, 1.807) is 0 Å². The van der Waals surface area contributed by atoms with Gasteiger partial charge in [-0.3, -0.25) is 14.9 Å². The highest BCUT2D eigenvalue weighted by atomic mass is 32.1. The molecule has 5 aromatic rings. The lowest BCUT2D eigenvalue weighted by molar-refractivity contribution is -0.249. The molecule has 14 heteroatoms. The Hall–Kier alpha value is -3.66. The number of thiophene rings is 1. The minimum absolute atomic E-state index is 0.00458. The molecule has 206 valence electrons. The number of aromatic nitrogens is 1. The van der Waals surface area contributed by atoms with E-state index in [4.69, 9.17) is 4.74 Å². The van der Waals surface area contributed by atoms with Gasteiger partial charge in [0.1, 0.15) is 24.4 Å². The molecule has 7 rings (SSSR count). The van der Waals surface area contributed by atoms with E-state index in [1.165, 1.54) is 0 Å². The van der Waals surface area contributed by atoms with Gasteiger partial charge in [0.2, 0.25) is 0 Å². The van der Waals surface area contributed by atoms with E-state index in [-0.39, 0.29) is 53.1 Å². The Morgan fingerprint density at radius 1 is 0.825 bits per heavy atom. The highest BCUT2D eigenvalue weighted by Gasteiger charge is 2.46. The van der Waals surface area contributed by atoms with Crippen LogP contribution in [0, 0.1) is 23.3 Å². The highest BCUT2D eigenvalue weighted by Crippen LogP contribution is 2.49. The first-order valence-electron chi connectivity index (χ1n) is 11.9. The van der Waals surface area contributed by atoms with Crippen LogP contribution in [-0.4, -0.2) is 67.8 Å². The van der Waals surface area contributed by atoms with Gasteiger partial charge in [-0.05, 0) is 18.2 Å². The third-order valence-electron chi connectivity index (χ3n) is 7.54. The van der Waals surface area contributed by atoms with Gasteiger partial charge in [0.25, 0.3) is 11.8 Å². The second-order valence-electron chi connectivity index (χ2n) is 9.70. The number of hydrogen-bond acceptors (Lipinski definition) is 8. The maximum Gasteiger partial charge on any atom is 0.259 e. The Labute approximate surface area is 223 Å². The Morgan fingerprint density at radius 2 is 1.43 bits per heavy atom. The number of carbonyl (C=O) groups is 2. The zero-order valence-electron chi connectivity index (χ0n) is 19.8. The fourth-order valence-electron chi connectivity index (χ4n) is 5.78. The average molecular weight is 576 g/mol. The average Bonchev–Trinajstić information content (AvgIpc) is 3.52. The van der Waals surface area contributed by atoms with Gasteiger partial charge in [0, 0.05) is 32.3 Å². The topological polar surface area (TPSA) is 141 Å². The molecule has 2 aliphatic heterocycles. The SMILES string of the molecule is O=C1NC(=O)c2c1c1c3cc(F)c(F)cc3sc1c1c2c2cc(F)c(F)cc2n1[C@@H]1O[C@H](CO)[C@@H](O)[C@H](O)[C@H]1O. The minimum atomic E-state index is -1.88. The Bertz CT molecular complexity index is 1970. The summed E-state index contributed by atoms with van der Waals surface area (Å²) in [5, 5.41) is 43.7. The summed E-state index contributed by atoms with van der Waals surface area (Å²) in [5.41, 5.74) is -0.543. The molecule has 0 aliphatic carbocycles. The van der Waals surface area contributed by atoms with Crippen LogP contribution in [-0.2, 0) is 4.74 Å². The quantitative estimate of drug-likeness (QED) is 0.161. The van der Waals surface area contributed by atoms with Gasteiger partial charge < -0.3 is 29.7 Å². The van der Waals surface area contributed by atoms with Crippen molar-refractivity contribution in [2.24, 2.45) is 0 Å². The van der Waals surface area contributed by atoms with Crippen LogP contribution in [0.5, 0.6) is 0 Å². The molecular formula is C26H16F4N2O7S. The Morgan fingerprint density at radius 3 is 2.10 bits per heavy atom. The maximum absolute atomic E-state index is 14.7. The van der Waals surface area contributed by atoms with Gasteiger partial charge in [-0.15, -0.1) is 11.3 Å². The fourth-order valence-corrected chi connectivity index (χ4v) is 7.04. The summed E-state index contributed by atoms with van der Waals surface area (Å²) in [6.45, 7) is -0.787. The number of fused-ring (bicyclic) bond motifs is 10. The summed E-state index contributed by atoms with van der Waals surface area (Å²) in [6, 6.07) is 3.34. The smallest absolute Gasteiger partial charge is 0.259 e. The van der Waals surface area contributed by atoms with Crippen molar-refractivity contribution in [2.75, 3.05) is 6.61 Å². The van der Waals surface area contributed by atoms with Crippen molar-refractivity contribution in [3.63, 3.8) is 0 Å². The van der Waals surface area contributed by atoms with E-state index >= 15 is 0 Å². The summed E-state index contributed by atoms with van der Waals surface area (Å²) in [6.07, 6.45) is -8.50. The second kappa shape index (κ2) is 8.42. The van der Waals surface area contributed by atoms with Gasteiger partial charge >= 0.3 is 0 Å². The van der Waals surface area contributed by atoms with Crippen LogP contribution in [0.2, 0.25) is 0 Å². The molecule has 0 spiro atoms. The number of hydrogen-bond donors (Lipinski definition) is 5. The normalized spacial score (nSPS) is 25.1. The van der Waals surface area contributed by atoms with Crippen molar-refractivity contribution >= 4 is 65.1 Å². The number of aliphatic hydroxyl groups excluding tert-OH is 4. The standard InChI is InChI=1S/C26H16F4N2O7S/c27-8-1-6-12(3-10(8)29)32(26-22(36)21(35)20(34)13(5-33)39-26)19-15(6)17-18(25(38)31-24(17)37)16-7-2-9(28)11(30)4-14(7)40-23(16)19/h1-4,13,20-22,26,33-36H,5H2,(H,31,37,38)/t13-,20-,21+,22-,26-/m1/s1. The molecule has 9 nitrogen and oxygen atoms in total. The lowest BCUT2D eigenvalue weighted by atomic mass is 9.96. The van der Waals surface area contributed by atoms with Crippen LogP contribution >= 0.6 is 11.3 Å². The lowest BCUT2D eigenvalue weighted by Crippen LogP contribution is -2.56. The molecule has 40 heavy (non-hydrogen) atoms.